The molecule has 0 aliphatic carbocycles. The van der Waals surface area contributed by atoms with Crippen LogP contribution < -0.4 is 10.6 Å². The molecule has 38 heavy (non-hydrogen) atoms. The summed E-state index contributed by atoms with van der Waals surface area (Å²) in [4.78, 5) is 30.6. The zero-order valence-electron chi connectivity index (χ0n) is 21.5. The summed E-state index contributed by atoms with van der Waals surface area (Å²) in [6.07, 6.45) is 3.43. The number of nitrogens with zero attached hydrogens (tertiary/aromatic N) is 2. The largest absolute Gasteiger partial charge is 0.394 e. The minimum atomic E-state index is -0.978. The third-order valence-corrected chi connectivity index (χ3v) is 6.29. The van der Waals surface area contributed by atoms with Gasteiger partial charge in [0.2, 0.25) is 0 Å². The Balaban J connectivity index is 1.79. The molecule has 0 unspecified atom stereocenters. The Morgan fingerprint density at radius 2 is 1.79 bits per heavy atom. The molecule has 9 heteroatoms. The molecule has 2 amide bonds. The molecule has 0 aliphatic rings. The summed E-state index contributed by atoms with van der Waals surface area (Å²) in [5, 5.41) is 15.6. The van der Waals surface area contributed by atoms with E-state index >= 15 is 0 Å². The Hall–Kier alpha value is -4.11. The zero-order valence-corrected chi connectivity index (χ0v) is 21.5. The van der Waals surface area contributed by atoms with Crippen molar-refractivity contribution in [1.29, 1.82) is 0 Å². The molecule has 1 atom stereocenters. The van der Waals surface area contributed by atoms with Crippen LogP contribution in [-0.2, 0) is 13.1 Å². The van der Waals surface area contributed by atoms with Crippen LogP contribution in [0.5, 0.6) is 0 Å². The molecule has 0 saturated carbocycles. The minimum absolute atomic E-state index is 0.0163. The predicted molar refractivity (Wildman–Crippen MR) is 141 cm³/mol. The topological polar surface area (TPSA) is 96.3 Å². The van der Waals surface area contributed by atoms with E-state index in [0.717, 1.165) is 23.4 Å². The molecule has 0 bridgehead atoms. The number of aliphatic hydroxyl groups is 1. The number of hydrogen-bond acceptors (Lipinski definition) is 4. The van der Waals surface area contributed by atoms with Crippen molar-refractivity contribution in [3.8, 4) is 0 Å². The van der Waals surface area contributed by atoms with Crippen molar-refractivity contribution in [3.05, 3.63) is 101 Å². The van der Waals surface area contributed by atoms with Crippen LogP contribution in [0.15, 0.2) is 60.9 Å². The first-order valence-corrected chi connectivity index (χ1v) is 12.4. The van der Waals surface area contributed by atoms with E-state index < -0.39 is 17.7 Å². The highest BCUT2D eigenvalue weighted by Gasteiger charge is 2.25. The number of aromatic nitrogens is 2. The first-order valence-electron chi connectivity index (χ1n) is 12.4. The fraction of sp³-hybridized carbons (Fsp3) is 0.276. The summed E-state index contributed by atoms with van der Waals surface area (Å²) in [6, 6.07) is 12.0. The van der Waals surface area contributed by atoms with E-state index in [4.69, 9.17) is 0 Å². The van der Waals surface area contributed by atoms with Gasteiger partial charge in [0.15, 0.2) is 11.6 Å². The molecule has 2 aromatic carbocycles. The van der Waals surface area contributed by atoms with E-state index in [1.54, 1.807) is 37.5 Å². The SMILES string of the molecule is CC(C)c1c(C(=O)NCc2ccc(F)c(F)c2)c2ccc(C(=O)N[C@@H](C)CO)cc2n1Cc1cccnc1. The molecular formula is C29H30F2N4O3. The number of fused-ring (bicyclic) bond motifs is 1. The second-order valence-electron chi connectivity index (χ2n) is 9.58. The van der Waals surface area contributed by atoms with Crippen molar-refractivity contribution in [3.63, 3.8) is 0 Å². The highest BCUT2D eigenvalue weighted by molar-refractivity contribution is 6.10. The van der Waals surface area contributed by atoms with Crippen LogP contribution in [0.1, 0.15) is 64.2 Å². The van der Waals surface area contributed by atoms with Crippen molar-refractivity contribution in [2.45, 2.75) is 45.8 Å². The molecule has 0 radical (unpaired) electrons. The Labute approximate surface area is 219 Å². The molecule has 4 aromatic rings. The van der Waals surface area contributed by atoms with Crippen LogP contribution >= 0.6 is 0 Å². The Morgan fingerprint density at radius 3 is 2.45 bits per heavy atom. The van der Waals surface area contributed by atoms with Crippen LogP contribution in [0.3, 0.4) is 0 Å². The third-order valence-electron chi connectivity index (χ3n) is 6.29. The number of amides is 2. The second kappa shape index (κ2) is 11.5. The standard InChI is InChI=1S/C29H30F2N4O3/c1-17(2)27-26(29(38)33-14-19-6-9-23(30)24(31)11-19)22-8-7-21(28(37)34-18(3)16-36)12-25(22)35(27)15-20-5-4-10-32-13-20/h4-13,17-18,36H,14-16H2,1-3H3,(H,33,38)(H,34,37)/t18-/m0/s1. The number of halogens is 2. The number of aliphatic hydroxyl groups excluding tert-OH is 1. The quantitative estimate of drug-likeness (QED) is 0.302. The van der Waals surface area contributed by atoms with Gasteiger partial charge in [-0.05, 0) is 54.3 Å². The maximum Gasteiger partial charge on any atom is 0.254 e. The van der Waals surface area contributed by atoms with Crippen molar-refractivity contribution in [2.75, 3.05) is 6.61 Å². The van der Waals surface area contributed by atoms with Gasteiger partial charge >= 0.3 is 0 Å². The van der Waals surface area contributed by atoms with E-state index in [9.17, 15) is 23.5 Å². The molecule has 0 aliphatic heterocycles. The number of rotatable bonds is 9. The molecular weight excluding hydrogens is 490 g/mol. The van der Waals surface area contributed by atoms with E-state index in [1.165, 1.54) is 6.07 Å². The van der Waals surface area contributed by atoms with Gasteiger partial charge in [-0.15, -0.1) is 0 Å². The van der Waals surface area contributed by atoms with Crippen LogP contribution in [0.25, 0.3) is 10.9 Å². The molecule has 2 heterocycles. The summed E-state index contributed by atoms with van der Waals surface area (Å²) in [6.45, 7) is 5.92. The number of nitrogens with one attached hydrogen (secondary N) is 2. The smallest absolute Gasteiger partial charge is 0.254 e. The average molecular weight is 521 g/mol. The molecule has 0 saturated heterocycles. The van der Waals surface area contributed by atoms with Gasteiger partial charge in [0.25, 0.3) is 11.8 Å². The second-order valence-corrected chi connectivity index (χ2v) is 9.58. The van der Waals surface area contributed by atoms with Gasteiger partial charge in [-0.3, -0.25) is 14.6 Å². The van der Waals surface area contributed by atoms with E-state index in [2.05, 4.69) is 15.6 Å². The fourth-order valence-electron chi connectivity index (χ4n) is 4.47. The van der Waals surface area contributed by atoms with Crippen molar-refractivity contribution in [2.24, 2.45) is 0 Å². The lowest BCUT2D eigenvalue weighted by Crippen LogP contribution is -2.34. The van der Waals surface area contributed by atoms with E-state index in [0.29, 0.717) is 34.1 Å². The van der Waals surface area contributed by atoms with Gasteiger partial charge < -0.3 is 20.3 Å². The van der Waals surface area contributed by atoms with Gasteiger partial charge in [-0.2, -0.15) is 0 Å². The molecule has 198 valence electrons. The maximum atomic E-state index is 13.7. The van der Waals surface area contributed by atoms with Crippen molar-refractivity contribution >= 4 is 22.7 Å². The Morgan fingerprint density at radius 1 is 1.00 bits per heavy atom. The summed E-state index contributed by atoms with van der Waals surface area (Å²) in [5.41, 5.74) is 3.67. The highest BCUT2D eigenvalue weighted by atomic mass is 19.2. The minimum Gasteiger partial charge on any atom is -0.394 e. The number of pyridine rings is 1. The lowest BCUT2D eigenvalue weighted by atomic mass is 10.0. The van der Waals surface area contributed by atoms with Crippen molar-refractivity contribution < 1.29 is 23.5 Å². The summed E-state index contributed by atoms with van der Waals surface area (Å²) in [5.74, 6) is -2.69. The zero-order chi connectivity index (χ0) is 27.4. The van der Waals surface area contributed by atoms with Gasteiger partial charge in [0, 0.05) is 48.2 Å². The number of benzene rings is 2. The van der Waals surface area contributed by atoms with Gasteiger partial charge in [0.05, 0.1) is 17.7 Å². The molecule has 2 aromatic heterocycles. The summed E-state index contributed by atoms with van der Waals surface area (Å²) >= 11 is 0. The van der Waals surface area contributed by atoms with E-state index in [-0.39, 0.29) is 30.9 Å². The Bertz CT molecular complexity index is 1470. The van der Waals surface area contributed by atoms with Crippen LogP contribution in [0, 0.1) is 11.6 Å². The first-order chi connectivity index (χ1) is 18.2. The fourth-order valence-corrected chi connectivity index (χ4v) is 4.47. The predicted octanol–water partition coefficient (Wildman–Crippen LogP) is 4.53. The third kappa shape index (κ3) is 5.73. The van der Waals surface area contributed by atoms with E-state index in [1.807, 2.05) is 30.5 Å². The van der Waals surface area contributed by atoms with Gasteiger partial charge in [0.1, 0.15) is 0 Å². The monoisotopic (exact) mass is 520 g/mol. The molecule has 4 rings (SSSR count). The highest BCUT2D eigenvalue weighted by Crippen LogP contribution is 2.33. The maximum absolute atomic E-state index is 13.7. The molecule has 0 spiro atoms. The molecule has 7 nitrogen and oxygen atoms in total. The van der Waals surface area contributed by atoms with Crippen LogP contribution in [-0.4, -0.2) is 39.1 Å². The normalized spacial score (nSPS) is 12.1. The van der Waals surface area contributed by atoms with Gasteiger partial charge in [-0.1, -0.05) is 32.0 Å². The summed E-state index contributed by atoms with van der Waals surface area (Å²) in [7, 11) is 0. The Kier molecular flexibility index (Phi) is 8.16. The van der Waals surface area contributed by atoms with Crippen LogP contribution in [0.4, 0.5) is 8.78 Å². The number of hydrogen-bond donors (Lipinski definition) is 3. The first kappa shape index (κ1) is 26.9. The van der Waals surface area contributed by atoms with Crippen molar-refractivity contribution in [1.82, 2.24) is 20.2 Å². The average Bonchev–Trinajstić information content (AvgIpc) is 3.23. The van der Waals surface area contributed by atoms with Crippen LogP contribution in [0.2, 0.25) is 0 Å². The molecule has 0 fully saturated rings. The van der Waals surface area contributed by atoms with Gasteiger partial charge in [-0.25, -0.2) is 8.78 Å². The number of carbonyl (C=O) groups excluding carboxylic acids is 2. The lowest BCUT2D eigenvalue weighted by molar-refractivity contribution is 0.0920. The lowest BCUT2D eigenvalue weighted by Gasteiger charge is -2.16. The summed E-state index contributed by atoms with van der Waals surface area (Å²) < 4.78 is 29.0. The molecule has 3 N–H and O–H groups in total. The number of carbonyl (C=O) groups is 2.